The van der Waals surface area contributed by atoms with Crippen LogP contribution in [-0.4, -0.2) is 27.9 Å². The molecule has 0 bridgehead atoms. The van der Waals surface area contributed by atoms with Crippen LogP contribution in [0.1, 0.15) is 19.3 Å². The normalized spacial score (nSPS) is 11.2. The van der Waals surface area contributed by atoms with Crippen molar-refractivity contribution in [3.05, 3.63) is 24.3 Å². The molecule has 0 saturated heterocycles. The van der Waals surface area contributed by atoms with Gasteiger partial charge < -0.3 is 11.1 Å². The molecular formula is C12H19N3O3S. The fourth-order valence-electron chi connectivity index (χ4n) is 1.60. The first-order chi connectivity index (χ1) is 8.97. The average Bonchev–Trinajstić information content (AvgIpc) is 2.38. The number of hydrogen-bond donors (Lipinski definition) is 3. The van der Waals surface area contributed by atoms with E-state index < -0.39 is 10.0 Å². The van der Waals surface area contributed by atoms with E-state index in [1.807, 2.05) is 0 Å². The van der Waals surface area contributed by atoms with E-state index in [1.54, 1.807) is 18.2 Å². The third-order valence-corrected chi connectivity index (χ3v) is 4.08. The predicted octanol–water partition coefficient (Wildman–Crippen LogP) is 0.662. The summed E-state index contributed by atoms with van der Waals surface area (Å²) < 4.78 is 25.9. The lowest BCUT2D eigenvalue weighted by molar-refractivity contribution is -0.118. The van der Waals surface area contributed by atoms with Gasteiger partial charge in [-0.25, -0.2) is 13.1 Å². The summed E-state index contributed by atoms with van der Waals surface area (Å²) in [5.74, 6) is -0.321. The minimum atomic E-state index is -3.47. The monoisotopic (exact) mass is 285 g/mol. The zero-order valence-electron chi connectivity index (χ0n) is 10.8. The van der Waals surface area contributed by atoms with Gasteiger partial charge in [-0.15, -0.1) is 0 Å². The molecule has 106 valence electrons. The van der Waals surface area contributed by atoms with Crippen LogP contribution in [0.2, 0.25) is 0 Å². The second kappa shape index (κ2) is 7.10. The lowest BCUT2D eigenvalue weighted by Gasteiger charge is -2.11. The van der Waals surface area contributed by atoms with Crippen molar-refractivity contribution in [1.29, 1.82) is 0 Å². The van der Waals surface area contributed by atoms with Gasteiger partial charge in [-0.2, -0.15) is 0 Å². The molecule has 0 heterocycles. The Balaban J connectivity index is 2.62. The number of unbranched alkanes of at least 4 members (excludes halogenated alkanes) is 1. The minimum absolute atomic E-state index is 0.215. The smallest absolute Gasteiger partial charge is 0.242 e. The average molecular weight is 285 g/mol. The van der Waals surface area contributed by atoms with Gasteiger partial charge in [0.2, 0.25) is 15.9 Å². The highest BCUT2D eigenvalue weighted by atomic mass is 32.2. The topological polar surface area (TPSA) is 101 Å². The summed E-state index contributed by atoms with van der Waals surface area (Å²) in [6.07, 6.45) is 1.78. The quantitative estimate of drug-likeness (QED) is 0.611. The number of para-hydroxylation sites is 1. The molecule has 0 aliphatic heterocycles. The molecule has 4 N–H and O–H groups in total. The van der Waals surface area contributed by atoms with Gasteiger partial charge in [0.05, 0.1) is 5.69 Å². The highest BCUT2D eigenvalue weighted by molar-refractivity contribution is 7.89. The fourth-order valence-corrected chi connectivity index (χ4v) is 2.51. The molecule has 0 saturated carbocycles. The predicted molar refractivity (Wildman–Crippen MR) is 74.2 cm³/mol. The largest absolute Gasteiger partial charge is 0.384 e. The first-order valence-corrected chi connectivity index (χ1v) is 7.50. The summed E-state index contributed by atoms with van der Waals surface area (Å²) in [6, 6.07) is 6.68. The number of benzene rings is 1. The van der Waals surface area contributed by atoms with Gasteiger partial charge in [0.1, 0.15) is 4.90 Å². The highest BCUT2D eigenvalue weighted by Gasteiger charge is 2.15. The number of hydrogen-bond acceptors (Lipinski definition) is 4. The van der Waals surface area contributed by atoms with Crippen LogP contribution in [0.25, 0.3) is 0 Å². The van der Waals surface area contributed by atoms with Crippen molar-refractivity contribution in [2.24, 2.45) is 5.73 Å². The van der Waals surface area contributed by atoms with Crippen molar-refractivity contribution in [3.63, 3.8) is 0 Å². The van der Waals surface area contributed by atoms with Gasteiger partial charge in [-0.3, -0.25) is 4.79 Å². The molecule has 6 nitrogen and oxygen atoms in total. The summed E-state index contributed by atoms with van der Waals surface area (Å²) in [5.41, 5.74) is 5.59. The molecule has 19 heavy (non-hydrogen) atoms. The maximum absolute atomic E-state index is 11.8. The fraction of sp³-hybridized carbons (Fsp3) is 0.417. The SMILES string of the molecule is CNS(=O)(=O)c1ccccc1NCCCCC(N)=O. The number of sulfonamides is 1. The molecular weight excluding hydrogens is 266 g/mol. The summed E-state index contributed by atoms with van der Waals surface area (Å²) in [7, 11) is -2.10. The van der Waals surface area contributed by atoms with E-state index in [4.69, 9.17) is 5.73 Å². The summed E-state index contributed by atoms with van der Waals surface area (Å²) in [6.45, 7) is 0.587. The molecule has 0 atom stereocenters. The minimum Gasteiger partial charge on any atom is -0.384 e. The van der Waals surface area contributed by atoms with Crippen molar-refractivity contribution in [1.82, 2.24) is 4.72 Å². The van der Waals surface area contributed by atoms with E-state index >= 15 is 0 Å². The van der Waals surface area contributed by atoms with Crippen LogP contribution in [0.3, 0.4) is 0 Å². The number of amides is 1. The molecule has 7 heteroatoms. The molecule has 1 amide bonds. The lowest BCUT2D eigenvalue weighted by atomic mass is 10.2. The Kier molecular flexibility index (Phi) is 5.78. The lowest BCUT2D eigenvalue weighted by Crippen LogP contribution is -2.20. The Bertz CT molecular complexity index is 529. The molecule has 0 aliphatic rings. The zero-order valence-corrected chi connectivity index (χ0v) is 11.7. The van der Waals surface area contributed by atoms with Crippen LogP contribution < -0.4 is 15.8 Å². The number of carbonyl (C=O) groups is 1. The van der Waals surface area contributed by atoms with Gasteiger partial charge in [0.15, 0.2) is 0 Å². The van der Waals surface area contributed by atoms with Crippen molar-refractivity contribution in [3.8, 4) is 0 Å². The molecule has 1 rings (SSSR count). The van der Waals surface area contributed by atoms with Crippen LogP contribution in [0.5, 0.6) is 0 Å². The molecule has 0 fully saturated rings. The van der Waals surface area contributed by atoms with E-state index in [0.29, 0.717) is 25.1 Å². The molecule has 1 aromatic rings. The first-order valence-electron chi connectivity index (χ1n) is 6.02. The Labute approximate surface area is 113 Å². The molecule has 0 spiro atoms. The number of primary amides is 1. The maximum Gasteiger partial charge on any atom is 0.242 e. The van der Waals surface area contributed by atoms with Crippen LogP contribution in [0.15, 0.2) is 29.2 Å². The van der Waals surface area contributed by atoms with E-state index in [2.05, 4.69) is 10.0 Å². The van der Waals surface area contributed by atoms with Crippen molar-refractivity contribution in [2.45, 2.75) is 24.2 Å². The van der Waals surface area contributed by atoms with E-state index in [-0.39, 0.29) is 10.8 Å². The maximum atomic E-state index is 11.8. The number of carbonyl (C=O) groups excluding carboxylic acids is 1. The van der Waals surface area contributed by atoms with Gasteiger partial charge >= 0.3 is 0 Å². The Morgan fingerprint density at radius 1 is 1.26 bits per heavy atom. The third-order valence-electron chi connectivity index (χ3n) is 2.61. The van der Waals surface area contributed by atoms with Crippen LogP contribution in [0.4, 0.5) is 5.69 Å². The van der Waals surface area contributed by atoms with Crippen molar-refractivity contribution >= 4 is 21.6 Å². The summed E-state index contributed by atoms with van der Waals surface area (Å²) in [5, 5.41) is 3.06. The van der Waals surface area contributed by atoms with E-state index in [0.717, 1.165) is 6.42 Å². The molecule has 1 aromatic carbocycles. The van der Waals surface area contributed by atoms with E-state index in [1.165, 1.54) is 13.1 Å². The van der Waals surface area contributed by atoms with E-state index in [9.17, 15) is 13.2 Å². The van der Waals surface area contributed by atoms with Gasteiger partial charge in [0.25, 0.3) is 0 Å². The number of nitrogens with two attached hydrogens (primary N) is 1. The van der Waals surface area contributed by atoms with Crippen LogP contribution in [0, 0.1) is 0 Å². The van der Waals surface area contributed by atoms with Crippen molar-refractivity contribution in [2.75, 3.05) is 18.9 Å². The van der Waals surface area contributed by atoms with Crippen LogP contribution in [-0.2, 0) is 14.8 Å². The summed E-state index contributed by atoms with van der Waals surface area (Å²) >= 11 is 0. The second-order valence-electron chi connectivity index (χ2n) is 4.05. The number of rotatable bonds is 8. The Morgan fingerprint density at radius 3 is 2.58 bits per heavy atom. The Morgan fingerprint density at radius 2 is 1.95 bits per heavy atom. The van der Waals surface area contributed by atoms with Crippen LogP contribution >= 0.6 is 0 Å². The molecule has 0 aromatic heterocycles. The Hall–Kier alpha value is -1.60. The number of anilines is 1. The van der Waals surface area contributed by atoms with Crippen molar-refractivity contribution < 1.29 is 13.2 Å². The molecule has 0 aliphatic carbocycles. The summed E-state index contributed by atoms with van der Waals surface area (Å²) in [4.78, 5) is 10.8. The van der Waals surface area contributed by atoms with Gasteiger partial charge in [-0.1, -0.05) is 12.1 Å². The molecule has 0 unspecified atom stereocenters. The standard InChI is InChI=1S/C12H19N3O3S/c1-14-19(17,18)11-7-3-2-6-10(11)15-9-5-4-8-12(13)16/h2-3,6-7,14-15H,4-5,8-9H2,1H3,(H2,13,16). The van der Waals surface area contributed by atoms with Gasteiger partial charge in [-0.05, 0) is 32.0 Å². The number of nitrogens with one attached hydrogen (secondary N) is 2. The molecule has 0 radical (unpaired) electrons. The zero-order chi connectivity index (χ0) is 14.3. The third kappa shape index (κ3) is 4.88. The highest BCUT2D eigenvalue weighted by Crippen LogP contribution is 2.20. The second-order valence-corrected chi connectivity index (χ2v) is 5.91. The first kappa shape index (κ1) is 15.5. The van der Waals surface area contributed by atoms with Gasteiger partial charge in [0, 0.05) is 13.0 Å².